The number of amides is 2. The van der Waals surface area contributed by atoms with Gasteiger partial charge in [-0.05, 0) is 31.6 Å². The highest BCUT2D eigenvalue weighted by Gasteiger charge is 2.23. The molecule has 0 aromatic heterocycles. The van der Waals surface area contributed by atoms with E-state index in [1.54, 1.807) is 0 Å². The molecule has 80 valence electrons. The minimum atomic E-state index is -0.484. The third kappa shape index (κ3) is 3.36. The lowest BCUT2D eigenvalue weighted by molar-refractivity contribution is -0.128. The molecular formula is C10H18N2O2. The number of hydrogen-bond donors (Lipinski definition) is 2. The van der Waals surface area contributed by atoms with Crippen LogP contribution in [0.15, 0.2) is 0 Å². The largest absolute Gasteiger partial charge is 0.368 e. The maximum Gasteiger partial charge on any atom is 0.236 e. The summed E-state index contributed by atoms with van der Waals surface area (Å²) in [7, 11) is 0. The lowest BCUT2D eigenvalue weighted by atomic mass is 9.82. The minimum absolute atomic E-state index is 0.0179. The fourth-order valence-corrected chi connectivity index (χ4v) is 1.84. The number of carbonyl (C=O) groups is 2. The van der Waals surface area contributed by atoms with E-state index < -0.39 is 5.91 Å². The van der Waals surface area contributed by atoms with Gasteiger partial charge in [-0.15, -0.1) is 0 Å². The van der Waals surface area contributed by atoms with Crippen LogP contribution >= 0.6 is 0 Å². The standard InChI is InChI=1S/C10H18N2O2/c1-7-2-4-8(5-3-7)10(14)12-6-9(11)13/h7-8H,2-6H2,1H3,(H2,11,13)(H,12,14). The van der Waals surface area contributed by atoms with Crippen molar-refractivity contribution in [2.75, 3.05) is 6.54 Å². The van der Waals surface area contributed by atoms with Gasteiger partial charge in [0.1, 0.15) is 0 Å². The van der Waals surface area contributed by atoms with E-state index in [4.69, 9.17) is 5.73 Å². The zero-order valence-electron chi connectivity index (χ0n) is 8.58. The smallest absolute Gasteiger partial charge is 0.236 e. The van der Waals surface area contributed by atoms with E-state index in [1.165, 1.54) is 0 Å². The van der Waals surface area contributed by atoms with Crippen molar-refractivity contribution in [1.29, 1.82) is 0 Å². The van der Waals surface area contributed by atoms with Gasteiger partial charge >= 0.3 is 0 Å². The average molecular weight is 198 g/mol. The third-order valence-electron chi connectivity index (χ3n) is 2.82. The number of carbonyl (C=O) groups excluding carboxylic acids is 2. The van der Waals surface area contributed by atoms with Crippen LogP contribution in [0.2, 0.25) is 0 Å². The van der Waals surface area contributed by atoms with Crippen LogP contribution in [0.25, 0.3) is 0 Å². The molecule has 1 rings (SSSR count). The van der Waals surface area contributed by atoms with Crippen molar-refractivity contribution in [3.8, 4) is 0 Å². The van der Waals surface area contributed by atoms with Crippen LogP contribution in [0.5, 0.6) is 0 Å². The molecule has 3 N–H and O–H groups in total. The molecule has 0 unspecified atom stereocenters. The lowest BCUT2D eigenvalue weighted by Gasteiger charge is -2.24. The highest BCUT2D eigenvalue weighted by Crippen LogP contribution is 2.28. The Hall–Kier alpha value is -1.06. The van der Waals surface area contributed by atoms with Crippen LogP contribution in [-0.4, -0.2) is 18.4 Å². The maximum atomic E-state index is 11.5. The van der Waals surface area contributed by atoms with Gasteiger partial charge in [0, 0.05) is 5.92 Å². The quantitative estimate of drug-likeness (QED) is 0.689. The predicted octanol–water partition coefficient (Wildman–Crippen LogP) is 0.414. The molecule has 0 aromatic rings. The van der Waals surface area contributed by atoms with Gasteiger partial charge in [-0.2, -0.15) is 0 Å². The van der Waals surface area contributed by atoms with Crippen molar-refractivity contribution in [2.24, 2.45) is 17.6 Å². The molecule has 0 aliphatic heterocycles. The molecule has 1 fully saturated rings. The van der Waals surface area contributed by atoms with Gasteiger partial charge in [-0.1, -0.05) is 6.92 Å². The molecule has 1 aliphatic carbocycles. The molecule has 0 heterocycles. The van der Waals surface area contributed by atoms with Gasteiger partial charge in [0.15, 0.2) is 0 Å². The molecule has 4 nitrogen and oxygen atoms in total. The Balaban J connectivity index is 2.27. The first-order valence-corrected chi connectivity index (χ1v) is 5.15. The summed E-state index contributed by atoms with van der Waals surface area (Å²) in [6, 6.07) is 0. The van der Waals surface area contributed by atoms with E-state index in [2.05, 4.69) is 12.2 Å². The van der Waals surface area contributed by atoms with Crippen molar-refractivity contribution in [3.05, 3.63) is 0 Å². The average Bonchev–Trinajstić information content (AvgIpc) is 2.15. The fraction of sp³-hybridized carbons (Fsp3) is 0.800. The van der Waals surface area contributed by atoms with Crippen LogP contribution in [0.4, 0.5) is 0 Å². The first-order valence-electron chi connectivity index (χ1n) is 5.15. The van der Waals surface area contributed by atoms with E-state index in [9.17, 15) is 9.59 Å². The van der Waals surface area contributed by atoms with E-state index in [1.807, 2.05) is 0 Å². The second-order valence-corrected chi connectivity index (χ2v) is 4.14. The molecule has 1 aliphatic rings. The monoisotopic (exact) mass is 198 g/mol. The summed E-state index contributed by atoms with van der Waals surface area (Å²) in [5.74, 6) is 0.318. The predicted molar refractivity (Wildman–Crippen MR) is 53.3 cm³/mol. The third-order valence-corrected chi connectivity index (χ3v) is 2.82. The molecule has 0 saturated heterocycles. The molecule has 0 radical (unpaired) electrons. The molecule has 2 amide bonds. The summed E-state index contributed by atoms with van der Waals surface area (Å²) in [5, 5.41) is 2.55. The van der Waals surface area contributed by atoms with Gasteiger partial charge in [0.2, 0.25) is 11.8 Å². The topological polar surface area (TPSA) is 72.2 Å². The molecule has 4 heteroatoms. The van der Waals surface area contributed by atoms with Crippen LogP contribution in [0, 0.1) is 11.8 Å². The normalized spacial score (nSPS) is 26.9. The zero-order valence-corrected chi connectivity index (χ0v) is 8.58. The summed E-state index contributed by atoms with van der Waals surface area (Å²) in [6.07, 6.45) is 4.08. The summed E-state index contributed by atoms with van der Waals surface area (Å²) in [5.41, 5.74) is 4.94. The van der Waals surface area contributed by atoms with Crippen LogP contribution in [0.1, 0.15) is 32.6 Å². The highest BCUT2D eigenvalue weighted by atomic mass is 16.2. The Morgan fingerprint density at radius 3 is 2.36 bits per heavy atom. The SMILES string of the molecule is CC1CCC(C(=O)NCC(N)=O)CC1. The molecular weight excluding hydrogens is 180 g/mol. The van der Waals surface area contributed by atoms with E-state index in [0.717, 1.165) is 31.6 Å². The highest BCUT2D eigenvalue weighted by molar-refractivity contribution is 5.84. The lowest BCUT2D eigenvalue weighted by Crippen LogP contribution is -2.38. The van der Waals surface area contributed by atoms with Gasteiger partial charge in [-0.25, -0.2) is 0 Å². The summed E-state index contributed by atoms with van der Waals surface area (Å²) >= 11 is 0. The van der Waals surface area contributed by atoms with Crippen molar-refractivity contribution in [3.63, 3.8) is 0 Å². The number of hydrogen-bond acceptors (Lipinski definition) is 2. The van der Waals surface area contributed by atoms with Crippen LogP contribution in [-0.2, 0) is 9.59 Å². The molecule has 0 atom stereocenters. The van der Waals surface area contributed by atoms with E-state index >= 15 is 0 Å². The van der Waals surface area contributed by atoms with Gasteiger partial charge in [-0.3, -0.25) is 9.59 Å². The zero-order chi connectivity index (χ0) is 10.6. The first-order chi connectivity index (χ1) is 6.59. The summed E-state index contributed by atoms with van der Waals surface area (Å²) < 4.78 is 0. The van der Waals surface area contributed by atoms with E-state index in [0.29, 0.717) is 0 Å². The van der Waals surface area contributed by atoms with Gasteiger partial charge < -0.3 is 11.1 Å². The number of nitrogens with one attached hydrogen (secondary N) is 1. The van der Waals surface area contributed by atoms with E-state index in [-0.39, 0.29) is 18.4 Å². The Labute approximate surface area is 84.2 Å². The Kier molecular flexibility index (Phi) is 3.92. The Bertz CT molecular complexity index is 220. The van der Waals surface area contributed by atoms with Crippen LogP contribution in [0.3, 0.4) is 0 Å². The maximum absolute atomic E-state index is 11.5. The van der Waals surface area contributed by atoms with Crippen molar-refractivity contribution >= 4 is 11.8 Å². The molecule has 1 saturated carbocycles. The number of primary amides is 1. The molecule has 0 aromatic carbocycles. The van der Waals surface area contributed by atoms with Gasteiger partial charge in [0.25, 0.3) is 0 Å². The molecule has 0 spiro atoms. The van der Waals surface area contributed by atoms with Crippen molar-refractivity contribution in [1.82, 2.24) is 5.32 Å². The summed E-state index contributed by atoms with van der Waals surface area (Å²) in [6.45, 7) is 2.17. The van der Waals surface area contributed by atoms with Crippen molar-refractivity contribution in [2.45, 2.75) is 32.6 Å². The van der Waals surface area contributed by atoms with Crippen LogP contribution < -0.4 is 11.1 Å². The Morgan fingerprint density at radius 2 is 1.86 bits per heavy atom. The molecule has 0 bridgehead atoms. The fourth-order valence-electron chi connectivity index (χ4n) is 1.84. The van der Waals surface area contributed by atoms with Gasteiger partial charge in [0.05, 0.1) is 6.54 Å². The van der Waals surface area contributed by atoms with Crippen molar-refractivity contribution < 1.29 is 9.59 Å². The summed E-state index contributed by atoms with van der Waals surface area (Å²) in [4.78, 5) is 21.9. The number of rotatable bonds is 3. The molecule has 14 heavy (non-hydrogen) atoms. The second-order valence-electron chi connectivity index (χ2n) is 4.14. The Morgan fingerprint density at radius 1 is 1.29 bits per heavy atom. The first kappa shape index (κ1) is 11.0. The number of nitrogens with two attached hydrogens (primary N) is 1. The second kappa shape index (κ2) is 4.98. The minimum Gasteiger partial charge on any atom is -0.368 e.